The van der Waals surface area contributed by atoms with Crippen LogP contribution in [0.15, 0.2) is 16.6 Å². The second kappa shape index (κ2) is 6.46. The van der Waals surface area contributed by atoms with Crippen LogP contribution in [0.3, 0.4) is 0 Å². The average molecular weight is 295 g/mol. The van der Waals surface area contributed by atoms with Gasteiger partial charge in [0.15, 0.2) is 0 Å². The molecule has 0 heterocycles. The minimum Gasteiger partial charge on any atom is -0.462 e. The van der Waals surface area contributed by atoms with Crippen LogP contribution in [0, 0.1) is 19.3 Å². The zero-order valence-electron chi connectivity index (χ0n) is 10.0. The molecule has 0 amide bonds. The van der Waals surface area contributed by atoms with Gasteiger partial charge in [-0.1, -0.05) is 19.3 Å². The number of unbranched alkanes of at least 4 members (excludes halogenated alkanes) is 1. The van der Waals surface area contributed by atoms with Gasteiger partial charge in [0.05, 0.1) is 17.7 Å². The SMILES string of the molecule is C#Cc1c(Br)cc(C)cc1C(=O)OCCCC. The molecule has 0 saturated carbocycles. The number of hydrogen-bond donors (Lipinski definition) is 0. The van der Waals surface area contributed by atoms with Crippen LogP contribution in [-0.4, -0.2) is 12.6 Å². The Morgan fingerprint density at radius 3 is 2.82 bits per heavy atom. The third-order valence-electron chi connectivity index (χ3n) is 2.33. The first kappa shape index (κ1) is 13.8. The van der Waals surface area contributed by atoms with Crippen LogP contribution >= 0.6 is 15.9 Å². The highest BCUT2D eigenvalue weighted by atomic mass is 79.9. The van der Waals surface area contributed by atoms with Gasteiger partial charge in [0.25, 0.3) is 0 Å². The van der Waals surface area contributed by atoms with Crippen molar-refractivity contribution in [2.75, 3.05) is 6.61 Å². The summed E-state index contributed by atoms with van der Waals surface area (Å²) in [5, 5.41) is 0. The second-order valence-corrected chi connectivity index (χ2v) is 4.66. The average Bonchev–Trinajstić information content (AvgIpc) is 2.28. The molecule has 0 saturated heterocycles. The van der Waals surface area contributed by atoms with Crippen molar-refractivity contribution in [1.82, 2.24) is 0 Å². The van der Waals surface area contributed by atoms with E-state index in [1.807, 2.05) is 19.9 Å². The summed E-state index contributed by atoms with van der Waals surface area (Å²) < 4.78 is 5.92. The van der Waals surface area contributed by atoms with Gasteiger partial charge in [0, 0.05) is 4.47 Å². The van der Waals surface area contributed by atoms with Gasteiger partial charge in [0.1, 0.15) is 0 Å². The molecule has 17 heavy (non-hydrogen) atoms. The van der Waals surface area contributed by atoms with Crippen molar-refractivity contribution < 1.29 is 9.53 Å². The zero-order chi connectivity index (χ0) is 12.8. The summed E-state index contributed by atoms with van der Waals surface area (Å²) in [4.78, 5) is 11.9. The molecule has 0 radical (unpaired) electrons. The summed E-state index contributed by atoms with van der Waals surface area (Å²) in [7, 11) is 0. The lowest BCUT2D eigenvalue weighted by Gasteiger charge is -2.08. The number of benzene rings is 1. The smallest absolute Gasteiger partial charge is 0.339 e. The van der Waals surface area contributed by atoms with Crippen LogP contribution < -0.4 is 0 Å². The number of rotatable bonds is 4. The summed E-state index contributed by atoms with van der Waals surface area (Å²) in [6.07, 6.45) is 7.26. The van der Waals surface area contributed by atoms with E-state index in [-0.39, 0.29) is 5.97 Å². The van der Waals surface area contributed by atoms with Gasteiger partial charge in [-0.15, -0.1) is 6.42 Å². The Kier molecular flexibility index (Phi) is 5.24. The number of ether oxygens (including phenoxy) is 1. The lowest BCUT2D eigenvalue weighted by molar-refractivity contribution is 0.0499. The molecule has 0 bridgehead atoms. The fourth-order valence-electron chi connectivity index (χ4n) is 1.44. The molecular formula is C14H15BrO2. The van der Waals surface area contributed by atoms with Crippen molar-refractivity contribution in [3.63, 3.8) is 0 Å². The highest BCUT2D eigenvalue weighted by molar-refractivity contribution is 9.10. The molecule has 0 aromatic heterocycles. The van der Waals surface area contributed by atoms with Gasteiger partial charge in [-0.05, 0) is 47.0 Å². The van der Waals surface area contributed by atoms with E-state index < -0.39 is 0 Å². The van der Waals surface area contributed by atoms with Crippen LogP contribution in [0.5, 0.6) is 0 Å². The van der Waals surface area contributed by atoms with Crippen LogP contribution in [-0.2, 0) is 4.74 Å². The number of halogens is 1. The van der Waals surface area contributed by atoms with E-state index in [1.54, 1.807) is 6.07 Å². The zero-order valence-corrected chi connectivity index (χ0v) is 11.6. The van der Waals surface area contributed by atoms with Gasteiger partial charge in [-0.2, -0.15) is 0 Å². The molecule has 3 heteroatoms. The van der Waals surface area contributed by atoms with E-state index >= 15 is 0 Å². The molecule has 0 N–H and O–H groups in total. The molecule has 0 aliphatic rings. The minimum absolute atomic E-state index is 0.351. The molecule has 0 atom stereocenters. The monoisotopic (exact) mass is 294 g/mol. The third-order valence-corrected chi connectivity index (χ3v) is 2.96. The minimum atomic E-state index is -0.351. The van der Waals surface area contributed by atoms with E-state index in [0.717, 1.165) is 22.9 Å². The van der Waals surface area contributed by atoms with Crippen LogP contribution in [0.2, 0.25) is 0 Å². The quantitative estimate of drug-likeness (QED) is 0.481. The first-order chi connectivity index (χ1) is 8.10. The first-order valence-corrected chi connectivity index (χ1v) is 6.33. The fraction of sp³-hybridized carbons (Fsp3) is 0.357. The molecule has 1 rings (SSSR count). The first-order valence-electron chi connectivity index (χ1n) is 5.54. The Labute approximate surface area is 110 Å². The predicted molar refractivity (Wildman–Crippen MR) is 72.0 cm³/mol. The lowest BCUT2D eigenvalue weighted by atomic mass is 10.1. The van der Waals surface area contributed by atoms with Gasteiger partial charge in [-0.3, -0.25) is 0 Å². The van der Waals surface area contributed by atoms with Crippen LogP contribution in [0.4, 0.5) is 0 Å². The topological polar surface area (TPSA) is 26.3 Å². The maximum Gasteiger partial charge on any atom is 0.339 e. The second-order valence-electron chi connectivity index (χ2n) is 3.80. The molecule has 0 aliphatic carbocycles. The van der Waals surface area contributed by atoms with Crippen molar-refractivity contribution in [3.8, 4) is 12.3 Å². The number of carbonyl (C=O) groups excluding carboxylic acids is 1. The maximum absolute atomic E-state index is 11.9. The highest BCUT2D eigenvalue weighted by Crippen LogP contribution is 2.22. The number of terminal acetylenes is 1. The van der Waals surface area contributed by atoms with Gasteiger partial charge >= 0.3 is 5.97 Å². The summed E-state index contributed by atoms with van der Waals surface area (Å²) in [5.41, 5.74) is 1.98. The Bertz CT molecular complexity index is 458. The molecule has 1 aromatic rings. The normalized spacial score (nSPS) is 9.76. The molecule has 0 fully saturated rings. The van der Waals surface area contributed by atoms with Gasteiger partial charge < -0.3 is 4.74 Å². The Hall–Kier alpha value is -1.27. The molecule has 2 nitrogen and oxygen atoms in total. The van der Waals surface area contributed by atoms with Crippen LogP contribution in [0.25, 0.3) is 0 Å². The summed E-state index contributed by atoms with van der Waals surface area (Å²) in [5.74, 6) is 2.16. The van der Waals surface area contributed by atoms with Crippen LogP contribution in [0.1, 0.15) is 41.3 Å². The molecule has 0 aliphatic heterocycles. The summed E-state index contributed by atoms with van der Waals surface area (Å²) in [6, 6.07) is 3.65. The number of hydrogen-bond acceptors (Lipinski definition) is 2. The Balaban J connectivity index is 2.97. The summed E-state index contributed by atoms with van der Waals surface area (Å²) in [6.45, 7) is 4.39. The van der Waals surface area contributed by atoms with Crippen molar-refractivity contribution >= 4 is 21.9 Å². The standard InChI is InChI=1S/C14H15BrO2/c1-4-6-7-17-14(16)12-8-10(3)9-13(15)11(12)5-2/h2,8-9H,4,6-7H2,1,3H3. The Morgan fingerprint density at radius 1 is 1.53 bits per heavy atom. The summed E-state index contributed by atoms with van der Waals surface area (Å²) >= 11 is 3.36. The predicted octanol–water partition coefficient (Wildman–Crippen LogP) is 3.70. The van der Waals surface area contributed by atoms with E-state index in [9.17, 15) is 4.79 Å². The third kappa shape index (κ3) is 3.61. The molecule has 0 spiro atoms. The lowest BCUT2D eigenvalue weighted by Crippen LogP contribution is -2.09. The van der Waals surface area contributed by atoms with Crippen molar-refractivity contribution in [3.05, 3.63) is 33.3 Å². The van der Waals surface area contributed by atoms with Crippen molar-refractivity contribution in [2.45, 2.75) is 26.7 Å². The number of carbonyl (C=O) groups is 1. The number of aryl methyl sites for hydroxylation is 1. The molecule has 90 valence electrons. The molecule has 0 unspecified atom stereocenters. The van der Waals surface area contributed by atoms with E-state index in [2.05, 4.69) is 21.9 Å². The fourth-order valence-corrected chi connectivity index (χ4v) is 2.13. The van der Waals surface area contributed by atoms with E-state index in [1.165, 1.54) is 0 Å². The van der Waals surface area contributed by atoms with E-state index in [0.29, 0.717) is 17.7 Å². The van der Waals surface area contributed by atoms with Gasteiger partial charge in [0.2, 0.25) is 0 Å². The van der Waals surface area contributed by atoms with Crippen molar-refractivity contribution in [1.29, 1.82) is 0 Å². The molecular weight excluding hydrogens is 280 g/mol. The Morgan fingerprint density at radius 2 is 2.24 bits per heavy atom. The maximum atomic E-state index is 11.9. The molecule has 1 aromatic carbocycles. The number of esters is 1. The highest BCUT2D eigenvalue weighted by Gasteiger charge is 2.14. The largest absolute Gasteiger partial charge is 0.462 e. The van der Waals surface area contributed by atoms with E-state index in [4.69, 9.17) is 11.2 Å². The van der Waals surface area contributed by atoms with Gasteiger partial charge in [-0.25, -0.2) is 4.79 Å². The van der Waals surface area contributed by atoms with Crippen molar-refractivity contribution in [2.24, 2.45) is 0 Å².